The zero-order valence-corrected chi connectivity index (χ0v) is 10.5. The van der Waals surface area contributed by atoms with Gasteiger partial charge in [-0.2, -0.15) is 0 Å². The maximum Gasteiger partial charge on any atom is 0.203 e. The Kier molecular flexibility index (Phi) is 3.40. The van der Waals surface area contributed by atoms with Crippen molar-refractivity contribution in [2.24, 2.45) is 5.73 Å². The number of anilines is 1. The molecule has 0 aliphatic heterocycles. The summed E-state index contributed by atoms with van der Waals surface area (Å²) in [5.74, 6) is 0.945. The molecule has 7 heteroatoms. The number of nitrogens with two attached hydrogens (primary N) is 1. The smallest absolute Gasteiger partial charge is 0.203 e. The van der Waals surface area contributed by atoms with E-state index in [9.17, 15) is 0 Å². The average Bonchev–Trinajstić information content (AvgIpc) is 2.77. The molecule has 2 aromatic heterocycles. The van der Waals surface area contributed by atoms with Crippen molar-refractivity contribution in [3.05, 3.63) is 18.7 Å². The zero-order valence-electron chi connectivity index (χ0n) is 10.5. The van der Waals surface area contributed by atoms with Gasteiger partial charge >= 0.3 is 0 Å². The topological polar surface area (TPSA) is 96.2 Å². The van der Waals surface area contributed by atoms with Gasteiger partial charge in [-0.3, -0.25) is 9.81 Å². The van der Waals surface area contributed by atoms with Gasteiger partial charge in [0.2, 0.25) is 5.65 Å². The fraction of sp³-hybridized carbons (Fsp3) is 0.455. The third-order valence-corrected chi connectivity index (χ3v) is 2.71. The van der Waals surface area contributed by atoms with Crippen LogP contribution in [0, 0.1) is 5.41 Å². The molecule has 0 unspecified atom stereocenters. The van der Waals surface area contributed by atoms with Crippen LogP contribution in [0.2, 0.25) is 0 Å². The van der Waals surface area contributed by atoms with Gasteiger partial charge in [0, 0.05) is 31.4 Å². The van der Waals surface area contributed by atoms with Crippen LogP contribution in [0.3, 0.4) is 0 Å². The van der Waals surface area contributed by atoms with Gasteiger partial charge in [0.05, 0.1) is 5.84 Å². The van der Waals surface area contributed by atoms with Crippen LogP contribution in [0.1, 0.15) is 20.3 Å². The Balaban J connectivity index is 2.35. The molecule has 0 aliphatic rings. The fourth-order valence-electron chi connectivity index (χ4n) is 1.80. The van der Waals surface area contributed by atoms with E-state index in [-0.39, 0.29) is 11.9 Å². The van der Waals surface area contributed by atoms with Crippen LogP contribution in [0.5, 0.6) is 0 Å². The summed E-state index contributed by atoms with van der Waals surface area (Å²) in [6, 6.07) is 0.250. The van der Waals surface area contributed by atoms with Gasteiger partial charge in [-0.05, 0) is 13.8 Å². The van der Waals surface area contributed by atoms with Gasteiger partial charge in [-0.1, -0.05) is 0 Å². The van der Waals surface area contributed by atoms with Crippen molar-refractivity contribution in [2.75, 3.05) is 11.4 Å². The summed E-state index contributed by atoms with van der Waals surface area (Å²) >= 11 is 0. The predicted octanol–water partition coefficient (Wildman–Crippen LogP) is 0.665. The van der Waals surface area contributed by atoms with Crippen molar-refractivity contribution < 1.29 is 0 Å². The van der Waals surface area contributed by atoms with E-state index in [0.717, 1.165) is 11.5 Å². The van der Waals surface area contributed by atoms with Crippen molar-refractivity contribution in [3.63, 3.8) is 0 Å². The van der Waals surface area contributed by atoms with Crippen LogP contribution in [0.25, 0.3) is 5.65 Å². The van der Waals surface area contributed by atoms with E-state index in [2.05, 4.69) is 33.9 Å². The van der Waals surface area contributed by atoms with Crippen LogP contribution >= 0.6 is 0 Å². The number of rotatable bonds is 5. The van der Waals surface area contributed by atoms with E-state index in [1.165, 1.54) is 0 Å². The van der Waals surface area contributed by atoms with E-state index in [1.54, 1.807) is 12.5 Å². The minimum atomic E-state index is 0.175. The lowest BCUT2D eigenvalue weighted by atomic mass is 10.2. The molecule has 96 valence electrons. The highest BCUT2D eigenvalue weighted by Gasteiger charge is 2.16. The number of aromatic nitrogens is 4. The summed E-state index contributed by atoms with van der Waals surface area (Å²) < 4.78 is 1.82. The Labute approximate surface area is 105 Å². The van der Waals surface area contributed by atoms with Gasteiger partial charge < -0.3 is 10.6 Å². The van der Waals surface area contributed by atoms with E-state index in [4.69, 9.17) is 11.1 Å². The standard InChI is InChI=1S/C11H17N7/c1-8(2)18(5-3-9(12)13)10-11-16-15-7-17(11)6-4-14-10/h4,6-8H,3,5H2,1-2H3,(H3,12,13). The maximum absolute atomic E-state index is 7.32. The highest BCUT2D eigenvalue weighted by Crippen LogP contribution is 2.18. The Morgan fingerprint density at radius 3 is 3.00 bits per heavy atom. The van der Waals surface area contributed by atoms with Gasteiger partial charge in [0.1, 0.15) is 6.33 Å². The third kappa shape index (κ3) is 2.39. The predicted molar refractivity (Wildman–Crippen MR) is 69.8 cm³/mol. The molecule has 2 rings (SSSR count). The van der Waals surface area contributed by atoms with Crippen LogP contribution in [0.4, 0.5) is 5.82 Å². The quantitative estimate of drug-likeness (QED) is 0.598. The van der Waals surface area contributed by atoms with Crippen LogP contribution in [0.15, 0.2) is 18.7 Å². The Morgan fingerprint density at radius 1 is 1.56 bits per heavy atom. The molecule has 0 bridgehead atoms. The summed E-state index contributed by atoms with van der Waals surface area (Å²) in [4.78, 5) is 6.44. The molecule has 0 radical (unpaired) electrons. The normalized spacial score (nSPS) is 11.1. The zero-order chi connectivity index (χ0) is 13.1. The molecular weight excluding hydrogens is 230 g/mol. The molecule has 2 heterocycles. The van der Waals surface area contributed by atoms with E-state index in [0.29, 0.717) is 13.0 Å². The molecule has 0 aromatic carbocycles. The monoisotopic (exact) mass is 247 g/mol. The summed E-state index contributed by atoms with van der Waals surface area (Å²) in [5.41, 5.74) is 6.13. The first kappa shape index (κ1) is 12.3. The molecule has 0 spiro atoms. The molecule has 2 aromatic rings. The second-order valence-corrected chi connectivity index (χ2v) is 4.38. The van der Waals surface area contributed by atoms with Crippen LogP contribution in [-0.4, -0.2) is 38.0 Å². The SMILES string of the molecule is CC(C)N(CCC(=N)N)c1nccn2cnnc12. The summed E-state index contributed by atoms with van der Waals surface area (Å²) in [6.45, 7) is 4.79. The largest absolute Gasteiger partial charge is 0.388 e. The molecule has 3 N–H and O–H groups in total. The van der Waals surface area contributed by atoms with Gasteiger partial charge in [-0.15, -0.1) is 10.2 Å². The fourth-order valence-corrected chi connectivity index (χ4v) is 1.80. The minimum absolute atomic E-state index is 0.175. The molecule has 18 heavy (non-hydrogen) atoms. The maximum atomic E-state index is 7.32. The van der Waals surface area contributed by atoms with Crippen LogP contribution < -0.4 is 10.6 Å². The molecular formula is C11H17N7. The number of hydrogen-bond donors (Lipinski definition) is 2. The number of hydrogen-bond acceptors (Lipinski definition) is 5. The first-order valence-corrected chi connectivity index (χ1v) is 5.83. The number of nitrogens with one attached hydrogen (secondary N) is 1. The van der Waals surface area contributed by atoms with Crippen molar-refractivity contribution in [3.8, 4) is 0 Å². The second-order valence-electron chi connectivity index (χ2n) is 4.38. The van der Waals surface area contributed by atoms with E-state index >= 15 is 0 Å². The Morgan fingerprint density at radius 2 is 2.33 bits per heavy atom. The lowest BCUT2D eigenvalue weighted by Crippen LogP contribution is -2.34. The van der Waals surface area contributed by atoms with Gasteiger partial charge in [0.25, 0.3) is 0 Å². The molecule has 0 saturated carbocycles. The van der Waals surface area contributed by atoms with Crippen molar-refractivity contribution in [2.45, 2.75) is 26.3 Å². The molecule has 0 fully saturated rings. The number of fused-ring (bicyclic) bond motifs is 1. The Hall–Kier alpha value is -2.18. The minimum Gasteiger partial charge on any atom is -0.388 e. The van der Waals surface area contributed by atoms with Crippen LogP contribution in [-0.2, 0) is 0 Å². The first-order valence-electron chi connectivity index (χ1n) is 5.83. The average molecular weight is 247 g/mol. The molecule has 7 nitrogen and oxygen atoms in total. The van der Waals surface area contributed by atoms with Crippen molar-refractivity contribution in [1.82, 2.24) is 19.6 Å². The van der Waals surface area contributed by atoms with E-state index in [1.807, 2.05) is 10.6 Å². The number of amidine groups is 1. The summed E-state index contributed by atoms with van der Waals surface area (Å²) in [7, 11) is 0. The molecule has 0 amide bonds. The first-order chi connectivity index (χ1) is 8.59. The molecule has 0 aliphatic carbocycles. The summed E-state index contributed by atoms with van der Waals surface area (Å²) in [5, 5.41) is 15.3. The van der Waals surface area contributed by atoms with Gasteiger partial charge in [-0.25, -0.2) is 4.98 Å². The Bertz CT molecular complexity index is 545. The lowest BCUT2D eigenvalue weighted by Gasteiger charge is -2.27. The third-order valence-electron chi connectivity index (χ3n) is 2.71. The highest BCUT2D eigenvalue weighted by molar-refractivity contribution is 5.77. The molecule has 0 atom stereocenters. The highest BCUT2D eigenvalue weighted by atomic mass is 15.3. The van der Waals surface area contributed by atoms with Crippen molar-refractivity contribution in [1.29, 1.82) is 5.41 Å². The van der Waals surface area contributed by atoms with Gasteiger partial charge in [0.15, 0.2) is 5.82 Å². The van der Waals surface area contributed by atoms with E-state index < -0.39 is 0 Å². The molecule has 0 saturated heterocycles. The number of nitrogens with zero attached hydrogens (tertiary/aromatic N) is 5. The lowest BCUT2D eigenvalue weighted by molar-refractivity contribution is 0.679. The second kappa shape index (κ2) is 4.99. The van der Waals surface area contributed by atoms with Crippen molar-refractivity contribution >= 4 is 17.3 Å². The summed E-state index contributed by atoms with van der Waals surface area (Å²) in [6.07, 6.45) is 5.68.